The van der Waals surface area contributed by atoms with Gasteiger partial charge in [0.15, 0.2) is 0 Å². The molecule has 96 valence electrons. The van der Waals surface area contributed by atoms with Crippen LogP contribution in [0.25, 0.3) is 0 Å². The Morgan fingerprint density at radius 1 is 1.53 bits per heavy atom. The molecule has 3 nitrogen and oxygen atoms in total. The Hall–Kier alpha value is -0.170. The monoisotopic (exact) mass is 343 g/mol. The van der Waals surface area contributed by atoms with Crippen LogP contribution in [0.2, 0.25) is 5.02 Å². The summed E-state index contributed by atoms with van der Waals surface area (Å²) >= 11 is 8.95. The lowest BCUT2D eigenvalue weighted by atomic mass is 10.3. The van der Waals surface area contributed by atoms with Gasteiger partial charge < -0.3 is 0 Å². The first-order chi connectivity index (χ1) is 7.90. The van der Waals surface area contributed by atoms with E-state index in [0.29, 0.717) is 11.8 Å². The normalized spacial score (nSPS) is 13.6. The van der Waals surface area contributed by atoms with Gasteiger partial charge in [0.05, 0.1) is 5.02 Å². The average molecular weight is 345 g/mol. The van der Waals surface area contributed by atoms with E-state index in [0.717, 1.165) is 12.1 Å². The number of sulfonamides is 1. The third kappa shape index (κ3) is 3.91. The van der Waals surface area contributed by atoms with Crippen molar-refractivity contribution in [2.75, 3.05) is 5.33 Å². The predicted molar refractivity (Wildman–Crippen MR) is 69.6 cm³/mol. The van der Waals surface area contributed by atoms with Crippen LogP contribution in [0.1, 0.15) is 13.3 Å². The molecule has 0 aliphatic carbocycles. The smallest absolute Gasteiger partial charge is 0.207 e. The van der Waals surface area contributed by atoms with Gasteiger partial charge in [-0.25, -0.2) is 17.5 Å². The third-order valence-electron chi connectivity index (χ3n) is 2.18. The Morgan fingerprint density at radius 2 is 2.18 bits per heavy atom. The second-order valence-corrected chi connectivity index (χ2v) is 6.19. The van der Waals surface area contributed by atoms with Crippen LogP contribution in [-0.2, 0) is 10.0 Å². The summed E-state index contributed by atoms with van der Waals surface area (Å²) in [5, 5.41) is 0.485. The lowest BCUT2D eigenvalue weighted by Crippen LogP contribution is -2.35. The van der Waals surface area contributed by atoms with E-state index in [1.807, 2.05) is 6.92 Å². The minimum atomic E-state index is -3.79. The van der Waals surface area contributed by atoms with Crippen LogP contribution in [0.15, 0.2) is 23.1 Å². The summed E-state index contributed by atoms with van der Waals surface area (Å²) in [5.74, 6) is -0.637. The molecule has 1 aromatic carbocycles. The maximum absolute atomic E-state index is 13.0. The summed E-state index contributed by atoms with van der Waals surface area (Å²) in [6.45, 7) is 1.85. The van der Waals surface area contributed by atoms with Crippen LogP contribution in [0.4, 0.5) is 4.39 Å². The highest BCUT2D eigenvalue weighted by Gasteiger charge is 2.21. The molecule has 0 aromatic heterocycles. The van der Waals surface area contributed by atoms with Gasteiger partial charge in [-0.3, -0.25) is 0 Å². The van der Waals surface area contributed by atoms with Gasteiger partial charge >= 0.3 is 0 Å². The average Bonchev–Trinajstić information content (AvgIpc) is 2.29. The number of halogens is 3. The molecule has 0 saturated heterocycles. The van der Waals surface area contributed by atoms with E-state index in [1.54, 1.807) is 0 Å². The minimum Gasteiger partial charge on any atom is -0.207 e. The number of hydrogen-bond donors (Lipinski definition) is 1. The van der Waals surface area contributed by atoms with Crippen molar-refractivity contribution >= 4 is 37.6 Å². The Morgan fingerprint density at radius 3 is 2.71 bits per heavy atom. The molecule has 1 rings (SSSR count). The molecule has 0 amide bonds. The highest BCUT2D eigenvalue weighted by atomic mass is 79.9. The molecule has 0 spiro atoms. The zero-order chi connectivity index (χ0) is 13.1. The number of alkyl halides is 1. The van der Waals surface area contributed by atoms with Gasteiger partial charge in [-0.2, -0.15) is 0 Å². The van der Waals surface area contributed by atoms with Crippen LogP contribution >= 0.6 is 27.5 Å². The molecule has 1 unspecified atom stereocenters. The second-order valence-electron chi connectivity index (χ2n) is 3.46. The molecule has 7 heteroatoms. The fourth-order valence-corrected chi connectivity index (χ4v) is 3.85. The first-order valence-electron chi connectivity index (χ1n) is 4.94. The largest absolute Gasteiger partial charge is 0.242 e. The highest BCUT2D eigenvalue weighted by Crippen LogP contribution is 2.22. The SMILES string of the molecule is CCC(CBr)NS(=O)(=O)c1cc(F)ccc1Cl. The summed E-state index contributed by atoms with van der Waals surface area (Å²) in [7, 11) is -3.79. The Bertz CT molecular complexity index is 491. The van der Waals surface area contributed by atoms with E-state index in [9.17, 15) is 12.8 Å². The molecular weight excluding hydrogens is 333 g/mol. The fraction of sp³-hybridized carbons (Fsp3) is 0.400. The predicted octanol–water partition coefficient (Wildman–Crippen LogP) is 2.93. The second kappa shape index (κ2) is 6.13. The minimum absolute atomic E-state index is 0.00308. The van der Waals surface area contributed by atoms with E-state index >= 15 is 0 Å². The van der Waals surface area contributed by atoms with E-state index in [1.165, 1.54) is 6.07 Å². The third-order valence-corrected chi connectivity index (χ3v) is 4.97. The van der Waals surface area contributed by atoms with Gasteiger partial charge in [-0.15, -0.1) is 0 Å². The quantitative estimate of drug-likeness (QED) is 0.835. The van der Waals surface area contributed by atoms with Gasteiger partial charge in [0, 0.05) is 11.4 Å². The lowest BCUT2D eigenvalue weighted by Gasteiger charge is -2.15. The topological polar surface area (TPSA) is 46.2 Å². The van der Waals surface area contributed by atoms with Crippen LogP contribution in [-0.4, -0.2) is 19.8 Å². The van der Waals surface area contributed by atoms with Crippen molar-refractivity contribution in [1.82, 2.24) is 4.72 Å². The zero-order valence-corrected chi connectivity index (χ0v) is 12.2. The molecule has 0 saturated carbocycles. The maximum atomic E-state index is 13.0. The molecular formula is C10H12BrClFNO2S. The lowest BCUT2D eigenvalue weighted by molar-refractivity contribution is 0.556. The van der Waals surface area contributed by atoms with Crippen LogP contribution in [0, 0.1) is 5.82 Å². The standard InChI is InChI=1S/C10H12BrClFNO2S/c1-2-8(6-11)14-17(15,16)10-5-7(13)3-4-9(10)12/h3-5,8,14H,2,6H2,1H3. The van der Waals surface area contributed by atoms with Crippen molar-refractivity contribution in [1.29, 1.82) is 0 Å². The number of hydrogen-bond acceptors (Lipinski definition) is 2. The number of nitrogens with one attached hydrogen (secondary N) is 1. The van der Waals surface area contributed by atoms with E-state index in [-0.39, 0.29) is 16.0 Å². The molecule has 0 aliphatic rings. The Balaban J connectivity index is 3.09. The first-order valence-corrected chi connectivity index (χ1v) is 7.92. The van der Waals surface area contributed by atoms with Crippen molar-refractivity contribution in [2.24, 2.45) is 0 Å². The van der Waals surface area contributed by atoms with Crippen molar-refractivity contribution in [2.45, 2.75) is 24.3 Å². The molecule has 1 atom stereocenters. The fourth-order valence-electron chi connectivity index (χ4n) is 1.19. The summed E-state index contributed by atoms with van der Waals surface area (Å²) in [4.78, 5) is -0.237. The van der Waals surface area contributed by atoms with E-state index in [2.05, 4.69) is 20.7 Å². The molecule has 0 bridgehead atoms. The van der Waals surface area contributed by atoms with Crippen molar-refractivity contribution in [3.63, 3.8) is 0 Å². The van der Waals surface area contributed by atoms with Gasteiger partial charge in [0.2, 0.25) is 10.0 Å². The van der Waals surface area contributed by atoms with Gasteiger partial charge in [-0.05, 0) is 24.6 Å². The van der Waals surface area contributed by atoms with Crippen molar-refractivity contribution in [3.8, 4) is 0 Å². The molecule has 1 aromatic rings. The van der Waals surface area contributed by atoms with Crippen LogP contribution < -0.4 is 4.72 Å². The zero-order valence-electron chi connectivity index (χ0n) is 9.08. The molecule has 17 heavy (non-hydrogen) atoms. The summed E-state index contributed by atoms with van der Waals surface area (Å²) in [5.41, 5.74) is 0. The highest BCUT2D eigenvalue weighted by molar-refractivity contribution is 9.09. The molecule has 1 N–H and O–H groups in total. The van der Waals surface area contributed by atoms with Gasteiger partial charge in [0.1, 0.15) is 10.7 Å². The molecule has 0 heterocycles. The van der Waals surface area contributed by atoms with E-state index < -0.39 is 15.8 Å². The molecule has 0 fully saturated rings. The van der Waals surface area contributed by atoms with Crippen LogP contribution in [0.3, 0.4) is 0 Å². The van der Waals surface area contributed by atoms with Gasteiger partial charge in [0.25, 0.3) is 0 Å². The number of rotatable bonds is 5. The molecule has 0 radical (unpaired) electrons. The van der Waals surface area contributed by atoms with Gasteiger partial charge in [-0.1, -0.05) is 34.5 Å². The Labute approximate surface area is 114 Å². The van der Waals surface area contributed by atoms with Crippen molar-refractivity contribution in [3.05, 3.63) is 29.0 Å². The summed E-state index contributed by atoms with van der Waals surface area (Å²) < 4.78 is 39.4. The first kappa shape index (κ1) is 14.9. The summed E-state index contributed by atoms with van der Waals surface area (Å²) in [6, 6.07) is 2.99. The van der Waals surface area contributed by atoms with Crippen molar-refractivity contribution < 1.29 is 12.8 Å². The maximum Gasteiger partial charge on any atom is 0.242 e. The summed E-state index contributed by atoms with van der Waals surface area (Å²) in [6.07, 6.45) is 0.622. The van der Waals surface area contributed by atoms with E-state index in [4.69, 9.17) is 11.6 Å². The Kier molecular flexibility index (Phi) is 5.37. The van der Waals surface area contributed by atoms with Crippen LogP contribution in [0.5, 0.6) is 0 Å². The molecule has 0 aliphatic heterocycles. The number of benzene rings is 1.